The average Bonchev–Trinajstić information content (AvgIpc) is 2.76. The summed E-state index contributed by atoms with van der Waals surface area (Å²) in [6, 6.07) is 0. The summed E-state index contributed by atoms with van der Waals surface area (Å²) in [5.41, 5.74) is 3.41. The Morgan fingerprint density at radius 3 is 3.21 bits per heavy atom. The van der Waals surface area contributed by atoms with Crippen LogP contribution in [0.15, 0.2) is 6.20 Å². The molecule has 2 heterocycles. The number of fused-ring (bicyclic) bond motifs is 2. The van der Waals surface area contributed by atoms with Crippen molar-refractivity contribution in [1.82, 2.24) is 15.1 Å². The van der Waals surface area contributed by atoms with E-state index in [0.29, 0.717) is 5.41 Å². The molecule has 0 amide bonds. The second-order valence-corrected chi connectivity index (χ2v) is 4.70. The molecule has 1 aromatic rings. The highest BCUT2D eigenvalue weighted by Gasteiger charge is 2.41. The number of rotatable bonds is 0. The molecule has 3 nitrogen and oxygen atoms in total. The van der Waals surface area contributed by atoms with Gasteiger partial charge in [0.05, 0.1) is 6.20 Å². The molecule has 1 atom stereocenters. The van der Waals surface area contributed by atoms with Crippen LogP contribution in [0.1, 0.15) is 30.5 Å². The van der Waals surface area contributed by atoms with E-state index in [1.54, 1.807) is 0 Å². The molecule has 0 bridgehead atoms. The maximum Gasteiger partial charge on any atom is 0.0524 e. The minimum Gasteiger partial charge on any atom is -0.316 e. The van der Waals surface area contributed by atoms with Crippen LogP contribution >= 0.6 is 0 Å². The quantitative estimate of drug-likeness (QED) is 0.662. The fourth-order valence-corrected chi connectivity index (χ4v) is 3.24. The summed E-state index contributed by atoms with van der Waals surface area (Å²) in [4.78, 5) is 0. The first kappa shape index (κ1) is 8.48. The van der Waals surface area contributed by atoms with Crippen molar-refractivity contribution < 1.29 is 0 Å². The Labute approximate surface area is 84.5 Å². The number of aryl methyl sites for hydroxylation is 2. The van der Waals surface area contributed by atoms with Crippen molar-refractivity contribution >= 4 is 0 Å². The van der Waals surface area contributed by atoms with Gasteiger partial charge in [0.2, 0.25) is 0 Å². The lowest BCUT2D eigenvalue weighted by Crippen LogP contribution is -2.35. The molecule has 14 heavy (non-hydrogen) atoms. The minimum atomic E-state index is 0.416. The van der Waals surface area contributed by atoms with E-state index in [9.17, 15) is 0 Å². The predicted octanol–water partition coefficient (Wildman–Crippen LogP) is 0.988. The number of nitrogens with one attached hydrogen (secondary N) is 1. The lowest BCUT2D eigenvalue weighted by atomic mass is 9.73. The fourth-order valence-electron chi connectivity index (χ4n) is 3.24. The standard InChI is InChI=1S/C11H17N3/c1-14-10-9(7-13-14)3-2-4-11(10)5-6-12-8-11/h7,12H,2-6,8H2,1H3. The molecule has 1 unspecified atom stereocenters. The van der Waals surface area contributed by atoms with Gasteiger partial charge in [0.1, 0.15) is 0 Å². The Morgan fingerprint density at radius 1 is 1.50 bits per heavy atom. The van der Waals surface area contributed by atoms with Crippen LogP contribution in [-0.4, -0.2) is 22.9 Å². The van der Waals surface area contributed by atoms with Crippen LogP contribution in [0, 0.1) is 0 Å². The summed E-state index contributed by atoms with van der Waals surface area (Å²) >= 11 is 0. The lowest BCUT2D eigenvalue weighted by molar-refractivity contribution is 0.366. The van der Waals surface area contributed by atoms with Gasteiger partial charge in [0.15, 0.2) is 0 Å². The summed E-state index contributed by atoms with van der Waals surface area (Å²) in [5, 5.41) is 7.91. The second kappa shape index (κ2) is 2.83. The normalized spacial score (nSPS) is 30.9. The van der Waals surface area contributed by atoms with Crippen molar-refractivity contribution in [3.8, 4) is 0 Å². The fraction of sp³-hybridized carbons (Fsp3) is 0.727. The van der Waals surface area contributed by atoms with Crippen LogP contribution in [-0.2, 0) is 18.9 Å². The SMILES string of the molecule is Cn1ncc2c1C1(CCC2)CCNC1. The van der Waals surface area contributed by atoms with Gasteiger partial charge in [-0.2, -0.15) is 5.10 Å². The first-order valence-electron chi connectivity index (χ1n) is 5.54. The van der Waals surface area contributed by atoms with Crippen molar-refractivity contribution in [2.24, 2.45) is 7.05 Å². The molecule has 1 saturated heterocycles. The van der Waals surface area contributed by atoms with Gasteiger partial charge in [-0.1, -0.05) is 0 Å². The predicted molar refractivity (Wildman–Crippen MR) is 55.3 cm³/mol. The molecule has 1 aromatic heterocycles. The van der Waals surface area contributed by atoms with Crippen LogP contribution in [0.5, 0.6) is 0 Å². The zero-order valence-corrected chi connectivity index (χ0v) is 8.71. The monoisotopic (exact) mass is 191 g/mol. The molecule has 1 aliphatic heterocycles. The Hall–Kier alpha value is -0.830. The van der Waals surface area contributed by atoms with E-state index >= 15 is 0 Å². The molecule has 3 rings (SSSR count). The highest BCUT2D eigenvalue weighted by molar-refractivity contribution is 5.31. The van der Waals surface area contributed by atoms with Gasteiger partial charge in [-0.15, -0.1) is 0 Å². The van der Waals surface area contributed by atoms with Gasteiger partial charge in [0, 0.05) is 24.7 Å². The highest BCUT2D eigenvalue weighted by atomic mass is 15.3. The molecule has 1 spiro atoms. The molecule has 2 aliphatic rings. The van der Waals surface area contributed by atoms with Crippen molar-refractivity contribution in [1.29, 1.82) is 0 Å². The summed E-state index contributed by atoms with van der Waals surface area (Å²) in [6.45, 7) is 2.32. The maximum absolute atomic E-state index is 4.41. The Balaban J connectivity index is 2.13. The number of hydrogen-bond acceptors (Lipinski definition) is 2. The van der Waals surface area contributed by atoms with Gasteiger partial charge >= 0.3 is 0 Å². The smallest absolute Gasteiger partial charge is 0.0524 e. The molecule has 1 fully saturated rings. The molecule has 3 heteroatoms. The molecular formula is C11H17N3. The van der Waals surface area contributed by atoms with Crippen LogP contribution in [0.2, 0.25) is 0 Å². The van der Waals surface area contributed by atoms with Gasteiger partial charge in [-0.25, -0.2) is 0 Å². The summed E-state index contributed by atoms with van der Waals surface area (Å²) in [5.74, 6) is 0. The average molecular weight is 191 g/mol. The summed E-state index contributed by atoms with van der Waals surface area (Å²) < 4.78 is 2.10. The summed E-state index contributed by atoms with van der Waals surface area (Å²) in [6.07, 6.45) is 7.26. The van der Waals surface area contributed by atoms with E-state index in [2.05, 4.69) is 28.3 Å². The van der Waals surface area contributed by atoms with E-state index in [1.165, 1.54) is 43.5 Å². The van der Waals surface area contributed by atoms with Gasteiger partial charge in [-0.3, -0.25) is 4.68 Å². The van der Waals surface area contributed by atoms with Crippen molar-refractivity contribution in [3.63, 3.8) is 0 Å². The van der Waals surface area contributed by atoms with Crippen molar-refractivity contribution in [3.05, 3.63) is 17.5 Å². The molecule has 1 N–H and O–H groups in total. The van der Waals surface area contributed by atoms with Crippen molar-refractivity contribution in [2.75, 3.05) is 13.1 Å². The Bertz CT molecular complexity index is 347. The zero-order chi connectivity index (χ0) is 9.60. The van der Waals surface area contributed by atoms with E-state index in [1.807, 2.05) is 0 Å². The van der Waals surface area contributed by atoms with Crippen molar-refractivity contribution in [2.45, 2.75) is 31.1 Å². The third kappa shape index (κ3) is 0.989. The Kier molecular flexibility index (Phi) is 1.71. The van der Waals surface area contributed by atoms with E-state index in [-0.39, 0.29) is 0 Å². The molecule has 0 radical (unpaired) electrons. The number of hydrogen-bond donors (Lipinski definition) is 1. The molecule has 1 aliphatic carbocycles. The molecule has 0 saturated carbocycles. The molecule has 0 aromatic carbocycles. The lowest BCUT2D eigenvalue weighted by Gasteiger charge is -2.33. The topological polar surface area (TPSA) is 29.9 Å². The summed E-state index contributed by atoms with van der Waals surface area (Å²) in [7, 11) is 2.09. The van der Waals surface area contributed by atoms with E-state index in [0.717, 1.165) is 6.54 Å². The first-order chi connectivity index (χ1) is 6.82. The van der Waals surface area contributed by atoms with Crippen LogP contribution in [0.4, 0.5) is 0 Å². The van der Waals surface area contributed by atoms with Gasteiger partial charge in [0.25, 0.3) is 0 Å². The maximum atomic E-state index is 4.41. The highest BCUT2D eigenvalue weighted by Crippen LogP contribution is 2.41. The van der Waals surface area contributed by atoms with E-state index in [4.69, 9.17) is 0 Å². The third-order valence-corrected chi connectivity index (χ3v) is 3.86. The van der Waals surface area contributed by atoms with Crippen LogP contribution in [0.25, 0.3) is 0 Å². The molecular weight excluding hydrogens is 174 g/mol. The number of nitrogens with zero attached hydrogens (tertiary/aromatic N) is 2. The zero-order valence-electron chi connectivity index (χ0n) is 8.71. The minimum absolute atomic E-state index is 0.416. The molecule has 76 valence electrons. The third-order valence-electron chi connectivity index (χ3n) is 3.86. The van der Waals surface area contributed by atoms with Gasteiger partial charge in [-0.05, 0) is 37.8 Å². The largest absolute Gasteiger partial charge is 0.316 e. The number of aromatic nitrogens is 2. The van der Waals surface area contributed by atoms with Gasteiger partial charge < -0.3 is 5.32 Å². The van der Waals surface area contributed by atoms with E-state index < -0.39 is 0 Å². The second-order valence-electron chi connectivity index (χ2n) is 4.70. The van der Waals surface area contributed by atoms with Crippen LogP contribution < -0.4 is 5.32 Å². The Morgan fingerprint density at radius 2 is 2.43 bits per heavy atom. The first-order valence-corrected chi connectivity index (χ1v) is 5.54. The van der Waals surface area contributed by atoms with Crippen LogP contribution in [0.3, 0.4) is 0 Å².